The Morgan fingerprint density at radius 1 is 1.50 bits per heavy atom. The molecule has 0 aliphatic carbocycles. The second-order valence-electron chi connectivity index (χ2n) is 2.47. The topological polar surface area (TPSA) is 46.0 Å². The maximum atomic E-state index is 9.56. The van der Waals surface area contributed by atoms with Crippen molar-refractivity contribution in [1.82, 2.24) is 9.97 Å². The van der Waals surface area contributed by atoms with Gasteiger partial charge in [0.15, 0.2) is 0 Å². The van der Waals surface area contributed by atoms with Crippen molar-refractivity contribution in [3.05, 3.63) is 24.3 Å². The van der Waals surface area contributed by atoms with Crippen LogP contribution in [0.2, 0.25) is 0 Å². The van der Waals surface area contributed by atoms with Crippen LogP contribution in [0.15, 0.2) is 18.7 Å². The summed E-state index contributed by atoms with van der Waals surface area (Å²) >= 11 is 1.72. The molecule has 0 amide bonds. The van der Waals surface area contributed by atoms with Gasteiger partial charge in [0, 0.05) is 18.0 Å². The molecule has 1 rings (SSSR count). The van der Waals surface area contributed by atoms with E-state index < -0.39 is 6.10 Å². The summed E-state index contributed by atoms with van der Waals surface area (Å²) in [6.07, 6.45) is 7.13. The van der Waals surface area contributed by atoms with Gasteiger partial charge in [0.25, 0.3) is 0 Å². The summed E-state index contributed by atoms with van der Waals surface area (Å²) in [5, 5.41) is 9.56. The van der Waals surface area contributed by atoms with Gasteiger partial charge in [0.2, 0.25) is 0 Å². The molecule has 0 saturated heterocycles. The van der Waals surface area contributed by atoms with Crippen molar-refractivity contribution >= 4 is 11.8 Å². The Kier molecular flexibility index (Phi) is 4.04. The summed E-state index contributed by atoms with van der Waals surface area (Å²) in [4.78, 5) is 7.67. The molecular weight excluding hydrogens is 172 g/mol. The van der Waals surface area contributed by atoms with E-state index in [2.05, 4.69) is 9.97 Å². The van der Waals surface area contributed by atoms with Gasteiger partial charge in [-0.25, -0.2) is 9.97 Å². The molecule has 0 radical (unpaired) electrons. The average molecular weight is 184 g/mol. The second kappa shape index (κ2) is 5.11. The molecule has 0 aliphatic heterocycles. The molecule has 0 saturated carbocycles. The van der Waals surface area contributed by atoms with E-state index in [1.165, 1.54) is 6.33 Å². The fraction of sp³-hybridized carbons (Fsp3) is 0.500. The second-order valence-corrected chi connectivity index (χ2v) is 3.45. The molecule has 1 unspecified atom stereocenters. The zero-order valence-electron chi connectivity index (χ0n) is 6.97. The smallest absolute Gasteiger partial charge is 0.115 e. The molecule has 0 aromatic carbocycles. The molecule has 0 fully saturated rings. The molecule has 12 heavy (non-hydrogen) atoms. The van der Waals surface area contributed by atoms with Crippen LogP contribution in [0.4, 0.5) is 0 Å². The molecule has 1 N–H and O–H groups in total. The van der Waals surface area contributed by atoms with Gasteiger partial charge in [-0.3, -0.25) is 0 Å². The van der Waals surface area contributed by atoms with E-state index in [0.29, 0.717) is 0 Å². The molecule has 0 spiro atoms. The number of aromatic nitrogens is 2. The Labute approximate surface area is 76.2 Å². The SMILES string of the molecule is CSCCC(O)c1cncnc1. The van der Waals surface area contributed by atoms with Crippen LogP contribution in [0.1, 0.15) is 18.1 Å². The van der Waals surface area contributed by atoms with Crippen LogP contribution in [-0.2, 0) is 0 Å². The van der Waals surface area contributed by atoms with Gasteiger partial charge < -0.3 is 5.11 Å². The number of hydrogen-bond donors (Lipinski definition) is 1. The van der Waals surface area contributed by atoms with E-state index in [1.807, 2.05) is 6.26 Å². The maximum Gasteiger partial charge on any atom is 0.115 e. The van der Waals surface area contributed by atoms with Gasteiger partial charge in [-0.15, -0.1) is 0 Å². The van der Waals surface area contributed by atoms with Crippen LogP contribution in [0.3, 0.4) is 0 Å². The van der Waals surface area contributed by atoms with Crippen molar-refractivity contribution in [3.63, 3.8) is 0 Å². The van der Waals surface area contributed by atoms with E-state index in [9.17, 15) is 5.11 Å². The van der Waals surface area contributed by atoms with Crippen molar-refractivity contribution in [2.45, 2.75) is 12.5 Å². The van der Waals surface area contributed by atoms with Crippen molar-refractivity contribution in [3.8, 4) is 0 Å². The van der Waals surface area contributed by atoms with E-state index in [1.54, 1.807) is 24.2 Å². The highest BCUT2D eigenvalue weighted by molar-refractivity contribution is 7.98. The summed E-state index contributed by atoms with van der Waals surface area (Å²) in [5.41, 5.74) is 0.798. The summed E-state index contributed by atoms with van der Waals surface area (Å²) in [5.74, 6) is 0.954. The molecule has 66 valence electrons. The van der Waals surface area contributed by atoms with Crippen LogP contribution in [0, 0.1) is 0 Å². The van der Waals surface area contributed by atoms with Crippen LogP contribution >= 0.6 is 11.8 Å². The molecule has 1 atom stereocenters. The maximum absolute atomic E-state index is 9.56. The van der Waals surface area contributed by atoms with Gasteiger partial charge in [-0.1, -0.05) is 0 Å². The first-order valence-electron chi connectivity index (χ1n) is 3.76. The highest BCUT2D eigenvalue weighted by atomic mass is 32.2. The Morgan fingerprint density at radius 2 is 2.17 bits per heavy atom. The highest BCUT2D eigenvalue weighted by Gasteiger charge is 2.06. The lowest BCUT2D eigenvalue weighted by molar-refractivity contribution is 0.174. The quantitative estimate of drug-likeness (QED) is 0.765. The number of aliphatic hydroxyl groups excluding tert-OH is 1. The summed E-state index contributed by atoms with van der Waals surface area (Å²) in [7, 11) is 0. The van der Waals surface area contributed by atoms with E-state index in [4.69, 9.17) is 0 Å². The van der Waals surface area contributed by atoms with Gasteiger partial charge >= 0.3 is 0 Å². The van der Waals surface area contributed by atoms with Crippen LogP contribution in [0.25, 0.3) is 0 Å². The van der Waals surface area contributed by atoms with Gasteiger partial charge in [0.05, 0.1) is 6.10 Å². The molecule has 4 heteroatoms. The van der Waals surface area contributed by atoms with Crippen LogP contribution in [0.5, 0.6) is 0 Å². The summed E-state index contributed by atoms with van der Waals surface area (Å²) in [6.45, 7) is 0. The molecule has 0 bridgehead atoms. The lowest BCUT2D eigenvalue weighted by Gasteiger charge is -2.07. The third-order valence-electron chi connectivity index (χ3n) is 1.56. The standard InChI is InChI=1S/C8H12N2OS/c1-12-3-2-8(11)7-4-9-6-10-5-7/h4-6,8,11H,2-3H2,1H3. The predicted octanol–water partition coefficient (Wildman–Crippen LogP) is 1.26. The number of nitrogens with zero attached hydrogens (tertiary/aromatic N) is 2. The van der Waals surface area contributed by atoms with Gasteiger partial charge in [-0.05, 0) is 18.4 Å². The van der Waals surface area contributed by atoms with E-state index in [-0.39, 0.29) is 0 Å². The first-order valence-corrected chi connectivity index (χ1v) is 5.16. The number of thioether (sulfide) groups is 1. The third-order valence-corrected chi connectivity index (χ3v) is 2.20. The Hall–Kier alpha value is -0.610. The van der Waals surface area contributed by atoms with E-state index >= 15 is 0 Å². The van der Waals surface area contributed by atoms with Gasteiger partial charge in [0.1, 0.15) is 6.33 Å². The average Bonchev–Trinajstić information content (AvgIpc) is 2.15. The number of rotatable bonds is 4. The fourth-order valence-electron chi connectivity index (χ4n) is 0.879. The largest absolute Gasteiger partial charge is 0.388 e. The summed E-state index contributed by atoms with van der Waals surface area (Å²) < 4.78 is 0. The molecular formula is C8H12N2OS. The fourth-order valence-corrected chi connectivity index (χ4v) is 1.34. The monoisotopic (exact) mass is 184 g/mol. The first kappa shape index (κ1) is 9.48. The molecule has 0 aliphatic rings. The molecule has 1 aromatic heterocycles. The van der Waals surface area contributed by atoms with E-state index in [0.717, 1.165) is 17.7 Å². The molecule has 1 heterocycles. The zero-order valence-corrected chi connectivity index (χ0v) is 7.79. The minimum absolute atomic E-state index is 0.418. The van der Waals surface area contributed by atoms with Crippen LogP contribution < -0.4 is 0 Å². The Bertz CT molecular complexity index is 218. The third kappa shape index (κ3) is 2.79. The number of hydrogen-bond acceptors (Lipinski definition) is 4. The lowest BCUT2D eigenvalue weighted by atomic mass is 10.1. The minimum atomic E-state index is -0.418. The van der Waals surface area contributed by atoms with Crippen molar-refractivity contribution in [2.24, 2.45) is 0 Å². The zero-order chi connectivity index (χ0) is 8.81. The summed E-state index contributed by atoms with van der Waals surface area (Å²) in [6, 6.07) is 0. The Morgan fingerprint density at radius 3 is 2.75 bits per heavy atom. The number of aliphatic hydroxyl groups is 1. The van der Waals surface area contributed by atoms with Crippen LogP contribution in [-0.4, -0.2) is 27.1 Å². The minimum Gasteiger partial charge on any atom is -0.388 e. The lowest BCUT2D eigenvalue weighted by Crippen LogP contribution is -1.99. The predicted molar refractivity (Wildman–Crippen MR) is 50.0 cm³/mol. The molecule has 1 aromatic rings. The Balaban J connectivity index is 2.48. The van der Waals surface area contributed by atoms with Crippen molar-refractivity contribution < 1.29 is 5.11 Å². The van der Waals surface area contributed by atoms with Gasteiger partial charge in [-0.2, -0.15) is 11.8 Å². The van der Waals surface area contributed by atoms with Crippen molar-refractivity contribution in [1.29, 1.82) is 0 Å². The first-order chi connectivity index (χ1) is 5.84. The molecule has 3 nitrogen and oxygen atoms in total. The highest BCUT2D eigenvalue weighted by Crippen LogP contribution is 2.15. The normalized spacial score (nSPS) is 12.8. The van der Waals surface area contributed by atoms with Crippen molar-refractivity contribution in [2.75, 3.05) is 12.0 Å².